The van der Waals surface area contributed by atoms with E-state index >= 15 is 4.39 Å². The van der Waals surface area contributed by atoms with E-state index in [1.807, 2.05) is 56.5 Å². The number of carboxylic acid groups (broad SMARTS) is 1. The lowest BCUT2D eigenvalue weighted by molar-refractivity contribution is -0.148. The molecule has 2 saturated heterocycles. The molecule has 0 saturated carbocycles. The van der Waals surface area contributed by atoms with E-state index in [0.717, 1.165) is 21.9 Å². The monoisotopic (exact) mass is 816 g/mol. The predicted molar refractivity (Wildman–Crippen MR) is 214 cm³/mol. The minimum Gasteiger partial charge on any atom is -0.465 e. The van der Waals surface area contributed by atoms with Crippen LogP contribution >= 0.6 is 11.3 Å². The van der Waals surface area contributed by atoms with Gasteiger partial charge in [-0.2, -0.15) is 0 Å². The number of benzene rings is 1. The molecule has 3 heterocycles. The molecule has 0 radical (unpaired) electrons. The molecule has 0 aliphatic carbocycles. The Bertz CT molecular complexity index is 1650. The van der Waals surface area contributed by atoms with Crippen molar-refractivity contribution >= 4 is 41.1 Å². The number of aromatic nitrogens is 1. The van der Waals surface area contributed by atoms with Crippen molar-refractivity contribution in [2.45, 2.75) is 115 Å². The van der Waals surface area contributed by atoms with Gasteiger partial charge in [0, 0.05) is 52.4 Å². The fourth-order valence-corrected chi connectivity index (χ4v) is 8.88. The lowest BCUT2D eigenvalue weighted by atomic mass is 9.89. The van der Waals surface area contributed by atoms with Gasteiger partial charge in [0.25, 0.3) is 5.91 Å². The minimum absolute atomic E-state index is 0.0584. The van der Waals surface area contributed by atoms with Gasteiger partial charge in [-0.25, -0.2) is 14.2 Å². The molecule has 3 N–H and O–H groups in total. The number of halogens is 1. The SMILES string of the molecule is CC[C@H](C)[C@@H]([C@@H](CC(=O)N1CCC[C@H]1[C@H](OC)[C@@H](C)C(=O)N[C@@H](Cc1ccccc1)c1nccs1)OC)N(C)C(=O)[C@@H](NC(=O)[C@@]1(F)CCN(C(=O)O)C1)C(C)C. The molecule has 2 aliphatic heterocycles. The highest BCUT2D eigenvalue weighted by molar-refractivity contribution is 7.09. The van der Waals surface area contributed by atoms with E-state index < -0.39 is 66.2 Å². The molecule has 0 bridgehead atoms. The van der Waals surface area contributed by atoms with Gasteiger partial charge < -0.3 is 39.9 Å². The number of ether oxygens (including phenoxy) is 2. The van der Waals surface area contributed by atoms with Crippen molar-refractivity contribution in [2.75, 3.05) is 40.9 Å². The van der Waals surface area contributed by atoms with Crippen LogP contribution in [0.4, 0.5) is 9.18 Å². The van der Waals surface area contributed by atoms with Crippen LogP contribution in [0.3, 0.4) is 0 Å². The van der Waals surface area contributed by atoms with Crippen molar-refractivity contribution in [3.63, 3.8) is 0 Å². The smallest absolute Gasteiger partial charge is 0.407 e. The number of hydrogen-bond acceptors (Lipinski definition) is 9. The van der Waals surface area contributed by atoms with Gasteiger partial charge in [0.1, 0.15) is 11.0 Å². The first-order valence-corrected chi connectivity index (χ1v) is 20.8. The highest BCUT2D eigenvalue weighted by Gasteiger charge is 2.49. The molecule has 316 valence electrons. The molecule has 57 heavy (non-hydrogen) atoms. The summed E-state index contributed by atoms with van der Waals surface area (Å²) >= 11 is 1.48. The number of rotatable bonds is 19. The van der Waals surface area contributed by atoms with Crippen LogP contribution in [0.25, 0.3) is 0 Å². The van der Waals surface area contributed by atoms with E-state index in [4.69, 9.17) is 9.47 Å². The molecule has 2 aromatic rings. The van der Waals surface area contributed by atoms with Crippen molar-refractivity contribution in [3.05, 3.63) is 52.5 Å². The normalized spacial score (nSPS) is 22.0. The highest BCUT2D eigenvalue weighted by Crippen LogP contribution is 2.31. The van der Waals surface area contributed by atoms with Crippen molar-refractivity contribution in [1.82, 2.24) is 30.3 Å². The quantitative estimate of drug-likeness (QED) is 0.182. The van der Waals surface area contributed by atoms with Gasteiger partial charge in [0.15, 0.2) is 0 Å². The molecular weight excluding hydrogens is 756 g/mol. The molecule has 1 aromatic heterocycles. The Morgan fingerprint density at radius 2 is 1.77 bits per heavy atom. The summed E-state index contributed by atoms with van der Waals surface area (Å²) in [5.74, 6) is -3.10. The third-order valence-electron chi connectivity index (χ3n) is 11.7. The summed E-state index contributed by atoms with van der Waals surface area (Å²) in [5, 5.41) is 17.8. The number of methoxy groups -OCH3 is 2. The van der Waals surface area contributed by atoms with E-state index in [0.29, 0.717) is 25.8 Å². The first kappa shape index (κ1) is 45.6. The van der Waals surface area contributed by atoms with Gasteiger partial charge in [-0.3, -0.25) is 19.2 Å². The maximum Gasteiger partial charge on any atom is 0.407 e. The number of hydrogen-bond donors (Lipinski definition) is 3. The maximum atomic E-state index is 15.7. The molecule has 16 heteroatoms. The Morgan fingerprint density at radius 1 is 1.07 bits per heavy atom. The number of likely N-dealkylation sites (N-methyl/N-ethyl adjacent to an activating group) is 1. The summed E-state index contributed by atoms with van der Waals surface area (Å²) in [5.41, 5.74) is -1.40. The fraction of sp³-hybridized carbons (Fsp3) is 0.659. The first-order chi connectivity index (χ1) is 27.1. The second-order valence-electron chi connectivity index (χ2n) is 15.8. The molecule has 4 rings (SSSR count). The highest BCUT2D eigenvalue weighted by atomic mass is 32.1. The number of thiazole rings is 1. The van der Waals surface area contributed by atoms with Gasteiger partial charge in [0.2, 0.25) is 23.4 Å². The van der Waals surface area contributed by atoms with Crippen LogP contribution in [0.5, 0.6) is 0 Å². The molecule has 0 spiro atoms. The van der Waals surface area contributed by atoms with E-state index in [1.54, 1.807) is 39.1 Å². The van der Waals surface area contributed by atoms with Crippen molar-refractivity contribution < 1.29 is 42.9 Å². The molecular formula is C41H61FN6O8S. The minimum atomic E-state index is -2.46. The summed E-state index contributed by atoms with van der Waals surface area (Å²) in [4.78, 5) is 75.5. The van der Waals surface area contributed by atoms with Crippen molar-refractivity contribution in [1.29, 1.82) is 0 Å². The van der Waals surface area contributed by atoms with Crippen LogP contribution in [0, 0.1) is 17.8 Å². The standard InChI is InChI=1S/C41H61FN6O8S/c1-9-26(4)34(46(6)38(51)33(25(2)3)45-39(52)41(42)17-20-47(24-41)40(53)54)31(55-7)23-32(49)48-19-13-16-30(48)35(56-8)27(5)36(50)44-29(37-43-18-21-57-37)22-28-14-11-10-12-15-28/h10-12,14-15,18,21,25-27,29-31,33-35H,9,13,16-17,19-20,22-24H2,1-8H3,(H,44,50)(H,45,52)(H,53,54)/t26-,27+,29-,30-,31+,33-,34-,35+,41+/m0/s1. The number of alkyl halides is 1. The fourth-order valence-electron chi connectivity index (χ4n) is 8.19. The van der Waals surface area contributed by atoms with Crippen LogP contribution in [0.15, 0.2) is 41.9 Å². The molecule has 5 amide bonds. The molecule has 2 aliphatic rings. The van der Waals surface area contributed by atoms with E-state index in [2.05, 4.69) is 15.6 Å². The average molecular weight is 817 g/mol. The second kappa shape index (κ2) is 20.5. The van der Waals surface area contributed by atoms with Crippen molar-refractivity contribution in [3.8, 4) is 0 Å². The van der Waals surface area contributed by atoms with Crippen LogP contribution in [-0.4, -0.2) is 131 Å². The Balaban J connectivity index is 1.47. The zero-order valence-corrected chi connectivity index (χ0v) is 35.3. The largest absolute Gasteiger partial charge is 0.465 e. The van der Waals surface area contributed by atoms with E-state index in [-0.39, 0.29) is 49.2 Å². The van der Waals surface area contributed by atoms with Crippen LogP contribution in [-0.2, 0) is 35.1 Å². The van der Waals surface area contributed by atoms with Crippen molar-refractivity contribution in [2.24, 2.45) is 17.8 Å². The second-order valence-corrected chi connectivity index (χ2v) is 16.8. The summed E-state index contributed by atoms with van der Waals surface area (Å²) in [7, 11) is 4.65. The van der Waals surface area contributed by atoms with E-state index in [9.17, 15) is 29.1 Å². The summed E-state index contributed by atoms with van der Waals surface area (Å²) in [6.45, 7) is 8.94. The summed E-state index contributed by atoms with van der Waals surface area (Å²) in [6, 6.07) is 7.46. The predicted octanol–water partition coefficient (Wildman–Crippen LogP) is 4.70. The third-order valence-corrected chi connectivity index (χ3v) is 12.6. The van der Waals surface area contributed by atoms with Gasteiger partial charge in [-0.15, -0.1) is 11.3 Å². The van der Waals surface area contributed by atoms with Gasteiger partial charge in [-0.1, -0.05) is 71.4 Å². The Labute approximate surface area is 339 Å². The maximum absolute atomic E-state index is 15.7. The lowest BCUT2D eigenvalue weighted by Gasteiger charge is -2.41. The Kier molecular flexibility index (Phi) is 16.4. The number of likely N-dealkylation sites (tertiary alicyclic amines) is 2. The molecule has 14 nitrogen and oxygen atoms in total. The van der Waals surface area contributed by atoms with Crippen LogP contribution in [0.2, 0.25) is 0 Å². The van der Waals surface area contributed by atoms with Crippen LogP contribution < -0.4 is 10.6 Å². The van der Waals surface area contributed by atoms with Gasteiger partial charge in [0.05, 0.1) is 49.2 Å². The van der Waals surface area contributed by atoms with E-state index in [1.165, 1.54) is 23.3 Å². The summed E-state index contributed by atoms with van der Waals surface area (Å²) < 4.78 is 27.7. The van der Waals surface area contributed by atoms with Gasteiger partial charge in [-0.05, 0) is 36.7 Å². The lowest BCUT2D eigenvalue weighted by Crippen LogP contribution is -2.60. The number of nitrogens with zero attached hydrogens (tertiary/aromatic N) is 4. The number of carbonyl (C=O) groups excluding carboxylic acids is 4. The zero-order chi connectivity index (χ0) is 42.0. The topological polar surface area (TPSA) is 171 Å². The molecule has 9 atom stereocenters. The third kappa shape index (κ3) is 11.1. The molecule has 2 fully saturated rings. The number of amides is 5. The Morgan fingerprint density at radius 3 is 2.33 bits per heavy atom. The number of carbonyl (C=O) groups is 5. The van der Waals surface area contributed by atoms with Crippen LogP contribution in [0.1, 0.15) is 83.3 Å². The number of nitrogens with one attached hydrogen (secondary N) is 2. The van der Waals surface area contributed by atoms with Gasteiger partial charge >= 0.3 is 6.09 Å². The zero-order valence-electron chi connectivity index (χ0n) is 34.5. The first-order valence-electron chi connectivity index (χ1n) is 19.9. The molecule has 1 aromatic carbocycles. The average Bonchev–Trinajstić information content (AvgIpc) is 3.99. The molecule has 0 unspecified atom stereocenters. The Hall–Kier alpha value is -4.15. The summed E-state index contributed by atoms with van der Waals surface area (Å²) in [6.07, 6.45) is 1.27.